The van der Waals surface area contributed by atoms with E-state index in [0.29, 0.717) is 0 Å². The van der Waals surface area contributed by atoms with Crippen molar-refractivity contribution in [2.24, 2.45) is 0 Å². The lowest BCUT2D eigenvalue weighted by Gasteiger charge is -2.34. The van der Waals surface area contributed by atoms with Crippen LogP contribution in [0.2, 0.25) is 0 Å². The molecule has 13 aromatic rings. The average Bonchev–Trinajstić information content (AvgIpc) is 4.04. The second-order valence-electron chi connectivity index (χ2n) is 16.8. The van der Waals surface area contributed by atoms with Gasteiger partial charge in [0.25, 0.3) is 0 Å². The molecule has 0 fully saturated rings. The van der Waals surface area contributed by atoms with Gasteiger partial charge in [0.05, 0.1) is 27.8 Å². The van der Waals surface area contributed by atoms with Gasteiger partial charge in [-0.05, 0) is 63.2 Å². The van der Waals surface area contributed by atoms with Crippen molar-refractivity contribution in [2.75, 3.05) is 0 Å². The Balaban J connectivity index is 1.06. The van der Waals surface area contributed by atoms with Crippen LogP contribution in [0, 0.1) is 0 Å². The minimum atomic E-state index is -2.69. The molecule has 13 rings (SSSR count). The van der Waals surface area contributed by atoms with E-state index in [1.165, 1.54) is 101 Å². The molecule has 0 amide bonds. The molecule has 0 unspecified atom stereocenters. The summed E-state index contributed by atoms with van der Waals surface area (Å²) < 4.78 is 7.66. The standard InChI is InChI=1S/C60H40N2SSi/c1-4-19-42(20-5-1)64(43-21-6-2-7-22-43,44-23-8-3-9-24-44)45-39-37-41(38-40-45)61-54-33-14-11-27-52(54)58-55(61)34-18-35-56(58)62-53-32-13-10-25-46(53)48-28-16-29-49(59(48)62)51-31-17-30-50-47-26-12-15-36-57(47)63-60(50)51/h1-40H. The normalized spacial score (nSPS) is 12.1. The van der Waals surface area contributed by atoms with Crippen LogP contribution in [0.4, 0.5) is 0 Å². The third kappa shape index (κ3) is 5.37. The zero-order chi connectivity index (χ0) is 42.2. The maximum absolute atomic E-state index is 2.69. The van der Waals surface area contributed by atoms with Gasteiger partial charge >= 0.3 is 0 Å². The number of aromatic nitrogens is 2. The molecule has 0 atom stereocenters. The zero-order valence-corrected chi connectivity index (χ0v) is 36.7. The molecule has 4 heteroatoms. The highest BCUT2D eigenvalue weighted by Gasteiger charge is 2.41. The summed E-state index contributed by atoms with van der Waals surface area (Å²) in [6.07, 6.45) is 0. The monoisotopic (exact) mass is 848 g/mol. The first-order valence-electron chi connectivity index (χ1n) is 22.0. The molecule has 0 saturated heterocycles. The van der Waals surface area contributed by atoms with Gasteiger partial charge in [0.1, 0.15) is 0 Å². The number of hydrogen-bond acceptors (Lipinski definition) is 1. The van der Waals surface area contributed by atoms with Crippen LogP contribution >= 0.6 is 11.3 Å². The molecule has 0 aliphatic carbocycles. The highest BCUT2D eigenvalue weighted by molar-refractivity contribution is 7.26. The van der Waals surface area contributed by atoms with Crippen LogP contribution in [-0.2, 0) is 0 Å². The Morgan fingerprint density at radius 2 is 0.797 bits per heavy atom. The Hall–Kier alpha value is -7.76. The molecular formula is C60H40N2SSi. The Morgan fingerprint density at radius 1 is 0.312 bits per heavy atom. The van der Waals surface area contributed by atoms with Gasteiger partial charge in [-0.1, -0.05) is 200 Å². The lowest BCUT2D eigenvalue weighted by molar-refractivity contribution is 1.17. The van der Waals surface area contributed by atoms with Gasteiger partial charge in [-0.3, -0.25) is 0 Å². The molecule has 0 radical (unpaired) electrons. The molecule has 10 aromatic carbocycles. The summed E-state index contributed by atoms with van der Waals surface area (Å²) in [7, 11) is -2.69. The van der Waals surface area contributed by atoms with Crippen LogP contribution in [0.15, 0.2) is 243 Å². The first-order valence-corrected chi connectivity index (χ1v) is 24.8. The molecule has 3 aromatic heterocycles. The number of benzene rings is 10. The topological polar surface area (TPSA) is 9.86 Å². The zero-order valence-electron chi connectivity index (χ0n) is 34.9. The first kappa shape index (κ1) is 36.9. The van der Waals surface area contributed by atoms with E-state index in [4.69, 9.17) is 0 Å². The predicted octanol–water partition coefficient (Wildman–Crippen LogP) is 13.3. The number of hydrogen-bond donors (Lipinski definition) is 0. The van der Waals surface area contributed by atoms with Crippen molar-refractivity contribution in [3.05, 3.63) is 243 Å². The van der Waals surface area contributed by atoms with E-state index >= 15 is 0 Å². The average molecular weight is 849 g/mol. The van der Waals surface area contributed by atoms with Gasteiger partial charge in [-0.25, -0.2) is 0 Å². The van der Waals surface area contributed by atoms with Gasteiger partial charge in [0.15, 0.2) is 8.07 Å². The molecule has 0 aliphatic heterocycles. The van der Waals surface area contributed by atoms with Crippen molar-refractivity contribution in [1.29, 1.82) is 0 Å². The molecule has 0 bridgehead atoms. The highest BCUT2D eigenvalue weighted by Crippen LogP contribution is 2.46. The second-order valence-corrected chi connectivity index (χ2v) is 21.6. The summed E-state index contributed by atoms with van der Waals surface area (Å²) in [4.78, 5) is 0. The first-order chi connectivity index (χ1) is 31.8. The molecule has 300 valence electrons. The van der Waals surface area contributed by atoms with Crippen molar-refractivity contribution in [3.8, 4) is 22.5 Å². The number of rotatable bonds is 7. The van der Waals surface area contributed by atoms with Crippen LogP contribution in [0.1, 0.15) is 0 Å². The number of thiophene rings is 1. The molecule has 0 N–H and O–H groups in total. The minimum Gasteiger partial charge on any atom is -0.309 e. The SMILES string of the molecule is c1ccc([Si](c2ccccc2)(c2ccccc2)c2ccc(-n3c4ccccc4c4c(-n5c6ccccc6c6cccc(-c7cccc8c7sc7ccccc78)c65)cccc43)cc2)cc1. The fraction of sp³-hybridized carbons (Fsp3) is 0. The van der Waals surface area contributed by atoms with Crippen LogP contribution in [0.5, 0.6) is 0 Å². The second kappa shape index (κ2) is 14.7. The summed E-state index contributed by atoms with van der Waals surface area (Å²) in [6, 6.07) is 90.3. The third-order valence-corrected chi connectivity index (χ3v) is 19.5. The summed E-state index contributed by atoms with van der Waals surface area (Å²) in [5.41, 5.74) is 9.62. The van der Waals surface area contributed by atoms with E-state index < -0.39 is 8.07 Å². The van der Waals surface area contributed by atoms with E-state index in [-0.39, 0.29) is 0 Å². The summed E-state index contributed by atoms with van der Waals surface area (Å²) in [5, 5.41) is 13.1. The number of para-hydroxylation sites is 3. The maximum atomic E-state index is 2.55. The third-order valence-electron chi connectivity index (χ3n) is 13.5. The summed E-state index contributed by atoms with van der Waals surface area (Å²) in [5.74, 6) is 0. The summed E-state index contributed by atoms with van der Waals surface area (Å²) in [6.45, 7) is 0. The van der Waals surface area contributed by atoms with Gasteiger partial charge < -0.3 is 9.13 Å². The van der Waals surface area contributed by atoms with Crippen molar-refractivity contribution >= 4 is 104 Å². The van der Waals surface area contributed by atoms with Crippen LogP contribution in [-0.4, -0.2) is 17.2 Å². The molecular weight excluding hydrogens is 809 g/mol. The van der Waals surface area contributed by atoms with Gasteiger partial charge in [0.2, 0.25) is 0 Å². The highest BCUT2D eigenvalue weighted by atomic mass is 32.1. The minimum absolute atomic E-state index is 1.14. The molecule has 2 nitrogen and oxygen atoms in total. The van der Waals surface area contributed by atoms with Crippen molar-refractivity contribution < 1.29 is 0 Å². The molecule has 0 saturated carbocycles. The quantitative estimate of drug-likeness (QED) is 0.112. The van der Waals surface area contributed by atoms with Gasteiger partial charge in [0, 0.05) is 58.5 Å². The Morgan fingerprint density at radius 3 is 1.47 bits per heavy atom. The van der Waals surface area contributed by atoms with Crippen LogP contribution in [0.3, 0.4) is 0 Å². The molecule has 3 heterocycles. The van der Waals surface area contributed by atoms with Crippen LogP contribution < -0.4 is 20.7 Å². The Bertz CT molecular complexity index is 3790. The van der Waals surface area contributed by atoms with E-state index in [2.05, 4.69) is 252 Å². The fourth-order valence-electron chi connectivity index (χ4n) is 10.8. The maximum Gasteiger partial charge on any atom is 0.179 e. The molecule has 0 spiro atoms. The predicted molar refractivity (Wildman–Crippen MR) is 277 cm³/mol. The van der Waals surface area contributed by atoms with E-state index in [1.807, 2.05) is 11.3 Å². The number of fused-ring (bicyclic) bond motifs is 9. The Kier molecular flexibility index (Phi) is 8.45. The van der Waals surface area contributed by atoms with E-state index in [9.17, 15) is 0 Å². The van der Waals surface area contributed by atoms with Crippen molar-refractivity contribution in [2.45, 2.75) is 0 Å². The largest absolute Gasteiger partial charge is 0.309 e. The van der Waals surface area contributed by atoms with Crippen LogP contribution in [0.25, 0.3) is 86.3 Å². The number of nitrogens with zero attached hydrogens (tertiary/aromatic N) is 2. The van der Waals surface area contributed by atoms with Crippen molar-refractivity contribution in [3.63, 3.8) is 0 Å². The van der Waals surface area contributed by atoms with E-state index in [0.717, 1.165) is 5.69 Å². The molecule has 64 heavy (non-hydrogen) atoms. The van der Waals surface area contributed by atoms with E-state index in [1.54, 1.807) is 0 Å². The summed E-state index contributed by atoms with van der Waals surface area (Å²) >= 11 is 1.89. The van der Waals surface area contributed by atoms with Gasteiger partial charge in [-0.15, -0.1) is 11.3 Å². The lowest BCUT2D eigenvalue weighted by Crippen LogP contribution is -2.74. The smallest absolute Gasteiger partial charge is 0.179 e. The Labute approximate surface area is 376 Å². The lowest BCUT2D eigenvalue weighted by atomic mass is 9.99. The van der Waals surface area contributed by atoms with Gasteiger partial charge in [-0.2, -0.15) is 0 Å². The fourth-order valence-corrected chi connectivity index (χ4v) is 16.8. The molecule has 0 aliphatic rings. The van der Waals surface area contributed by atoms with Crippen molar-refractivity contribution in [1.82, 2.24) is 9.13 Å².